The van der Waals surface area contributed by atoms with Crippen LogP contribution < -0.4 is 5.73 Å². The topological polar surface area (TPSA) is 38.9 Å². The van der Waals surface area contributed by atoms with E-state index in [0.717, 1.165) is 5.92 Å². The van der Waals surface area contributed by atoms with Crippen molar-refractivity contribution in [1.29, 1.82) is 0 Å². The van der Waals surface area contributed by atoms with Gasteiger partial charge in [0, 0.05) is 23.0 Å². The first kappa shape index (κ1) is 13.0. The van der Waals surface area contributed by atoms with E-state index in [-0.39, 0.29) is 6.04 Å². The second-order valence-electron chi connectivity index (χ2n) is 5.40. The number of nitrogens with zero attached hydrogens (tertiary/aromatic N) is 1. The van der Waals surface area contributed by atoms with Crippen LogP contribution in [0.1, 0.15) is 74.2 Å². The average molecular weight is 252 g/mol. The molecular formula is C14H24N2S. The molecule has 1 aromatic rings. The van der Waals surface area contributed by atoms with Gasteiger partial charge in [-0.15, -0.1) is 11.3 Å². The Labute approximate surface area is 109 Å². The summed E-state index contributed by atoms with van der Waals surface area (Å²) in [5.74, 6) is 1.68. The molecule has 2 rings (SSSR count). The zero-order valence-corrected chi connectivity index (χ0v) is 11.8. The minimum atomic E-state index is 0.137. The molecule has 0 saturated heterocycles. The Morgan fingerprint density at radius 2 is 2.12 bits per heavy atom. The van der Waals surface area contributed by atoms with Gasteiger partial charge in [0.25, 0.3) is 0 Å². The molecule has 0 spiro atoms. The molecule has 0 bridgehead atoms. The van der Waals surface area contributed by atoms with Gasteiger partial charge in [0.2, 0.25) is 0 Å². The fraction of sp³-hybridized carbons (Fsp3) is 0.786. The number of hydrogen-bond acceptors (Lipinski definition) is 3. The van der Waals surface area contributed by atoms with Gasteiger partial charge >= 0.3 is 0 Å². The second kappa shape index (κ2) is 5.96. The highest BCUT2D eigenvalue weighted by Crippen LogP contribution is 2.39. The lowest BCUT2D eigenvalue weighted by molar-refractivity contribution is 0.308. The summed E-state index contributed by atoms with van der Waals surface area (Å²) < 4.78 is 0. The zero-order valence-electron chi connectivity index (χ0n) is 11.0. The first-order valence-electron chi connectivity index (χ1n) is 6.92. The maximum Gasteiger partial charge on any atom is 0.0959 e. The minimum Gasteiger partial charge on any atom is -0.323 e. The third kappa shape index (κ3) is 3.29. The van der Waals surface area contributed by atoms with Crippen LogP contribution in [0.4, 0.5) is 0 Å². The van der Waals surface area contributed by atoms with Crippen molar-refractivity contribution in [2.24, 2.45) is 11.7 Å². The van der Waals surface area contributed by atoms with Crippen molar-refractivity contribution >= 4 is 11.3 Å². The van der Waals surface area contributed by atoms with Crippen LogP contribution in [0.3, 0.4) is 0 Å². The van der Waals surface area contributed by atoms with Crippen molar-refractivity contribution < 1.29 is 0 Å². The van der Waals surface area contributed by atoms with Gasteiger partial charge in [0.1, 0.15) is 0 Å². The van der Waals surface area contributed by atoms with Gasteiger partial charge in [-0.25, -0.2) is 4.98 Å². The van der Waals surface area contributed by atoms with Gasteiger partial charge in [-0.2, -0.15) is 0 Å². The molecule has 0 amide bonds. The normalized spacial score (nSPS) is 27.0. The molecule has 17 heavy (non-hydrogen) atoms. The molecular weight excluding hydrogens is 228 g/mol. The summed E-state index contributed by atoms with van der Waals surface area (Å²) in [6.07, 6.45) is 10.2. The van der Waals surface area contributed by atoms with E-state index in [1.165, 1.54) is 48.4 Å². The van der Waals surface area contributed by atoms with E-state index in [2.05, 4.69) is 11.9 Å². The highest BCUT2D eigenvalue weighted by Gasteiger charge is 2.24. The fourth-order valence-electron chi connectivity index (χ4n) is 2.81. The summed E-state index contributed by atoms with van der Waals surface area (Å²) in [6, 6.07) is 0.137. The van der Waals surface area contributed by atoms with E-state index in [1.54, 1.807) is 0 Å². The standard InChI is InChI=1S/C14H24N2S/c1-3-4-11-5-7-12(8-6-11)14-16-9-13(17-14)10(2)15/h9-12H,3-8,15H2,1-2H3. The molecule has 2 N–H and O–H groups in total. The fourth-order valence-corrected chi connectivity index (χ4v) is 3.85. The highest BCUT2D eigenvalue weighted by molar-refractivity contribution is 7.11. The van der Waals surface area contributed by atoms with E-state index in [0.29, 0.717) is 5.92 Å². The van der Waals surface area contributed by atoms with Crippen molar-refractivity contribution in [2.45, 2.75) is 64.3 Å². The van der Waals surface area contributed by atoms with Gasteiger partial charge in [-0.3, -0.25) is 0 Å². The summed E-state index contributed by atoms with van der Waals surface area (Å²) in [4.78, 5) is 5.80. The lowest BCUT2D eigenvalue weighted by Crippen LogP contribution is -2.12. The molecule has 0 aliphatic heterocycles. The maximum atomic E-state index is 5.89. The summed E-state index contributed by atoms with van der Waals surface area (Å²) in [5.41, 5.74) is 5.89. The van der Waals surface area contributed by atoms with Crippen LogP contribution in [0.25, 0.3) is 0 Å². The molecule has 1 atom stereocenters. The SMILES string of the molecule is CCCC1CCC(c2ncc(C(C)N)s2)CC1. The number of hydrogen-bond donors (Lipinski definition) is 1. The van der Waals surface area contributed by atoms with E-state index in [9.17, 15) is 0 Å². The Hall–Kier alpha value is -0.410. The van der Waals surface area contributed by atoms with Crippen LogP contribution in [-0.4, -0.2) is 4.98 Å². The molecule has 1 fully saturated rings. The Morgan fingerprint density at radius 3 is 2.65 bits per heavy atom. The third-order valence-corrected chi connectivity index (χ3v) is 5.24. The lowest BCUT2D eigenvalue weighted by atomic mass is 9.80. The quantitative estimate of drug-likeness (QED) is 0.870. The molecule has 96 valence electrons. The molecule has 0 aromatic carbocycles. The molecule has 3 heteroatoms. The van der Waals surface area contributed by atoms with Crippen molar-refractivity contribution in [3.63, 3.8) is 0 Å². The number of rotatable bonds is 4. The second-order valence-corrected chi connectivity index (χ2v) is 6.49. The van der Waals surface area contributed by atoms with Crippen LogP contribution in [0.15, 0.2) is 6.20 Å². The van der Waals surface area contributed by atoms with Crippen LogP contribution in [0.2, 0.25) is 0 Å². The molecule has 1 heterocycles. The smallest absolute Gasteiger partial charge is 0.0959 e. The average Bonchev–Trinajstić information content (AvgIpc) is 2.80. The molecule has 1 saturated carbocycles. The number of aromatic nitrogens is 1. The molecule has 2 nitrogen and oxygen atoms in total. The molecule has 1 unspecified atom stereocenters. The predicted molar refractivity (Wildman–Crippen MR) is 74.3 cm³/mol. The summed E-state index contributed by atoms with van der Waals surface area (Å²) >= 11 is 1.83. The summed E-state index contributed by atoms with van der Waals surface area (Å²) in [6.45, 7) is 4.33. The number of nitrogens with two attached hydrogens (primary N) is 1. The first-order chi connectivity index (χ1) is 8.20. The Bertz CT molecular complexity index is 338. The van der Waals surface area contributed by atoms with Crippen LogP contribution in [0.5, 0.6) is 0 Å². The third-order valence-electron chi connectivity index (χ3n) is 3.88. The first-order valence-corrected chi connectivity index (χ1v) is 7.73. The van der Waals surface area contributed by atoms with Gasteiger partial charge in [-0.1, -0.05) is 19.8 Å². The van der Waals surface area contributed by atoms with Gasteiger partial charge in [0.05, 0.1) is 5.01 Å². The van der Waals surface area contributed by atoms with Crippen LogP contribution in [-0.2, 0) is 0 Å². The van der Waals surface area contributed by atoms with Gasteiger partial charge in [0.15, 0.2) is 0 Å². The van der Waals surface area contributed by atoms with E-state index in [1.807, 2.05) is 24.5 Å². The Morgan fingerprint density at radius 1 is 1.41 bits per heavy atom. The molecule has 1 aromatic heterocycles. The van der Waals surface area contributed by atoms with Crippen molar-refractivity contribution in [3.8, 4) is 0 Å². The van der Waals surface area contributed by atoms with Gasteiger partial charge < -0.3 is 5.73 Å². The van der Waals surface area contributed by atoms with Crippen molar-refractivity contribution in [2.75, 3.05) is 0 Å². The van der Waals surface area contributed by atoms with Crippen LogP contribution >= 0.6 is 11.3 Å². The zero-order chi connectivity index (χ0) is 12.3. The summed E-state index contributed by atoms with van der Waals surface area (Å²) in [7, 11) is 0. The minimum absolute atomic E-state index is 0.137. The number of thiazole rings is 1. The van der Waals surface area contributed by atoms with E-state index < -0.39 is 0 Å². The lowest BCUT2D eigenvalue weighted by Gasteiger charge is -2.26. The molecule has 1 aliphatic carbocycles. The molecule has 1 aliphatic rings. The maximum absolute atomic E-state index is 5.89. The largest absolute Gasteiger partial charge is 0.323 e. The Kier molecular flexibility index (Phi) is 4.57. The summed E-state index contributed by atoms with van der Waals surface area (Å²) in [5, 5.41) is 1.33. The molecule has 0 radical (unpaired) electrons. The monoisotopic (exact) mass is 252 g/mol. The van der Waals surface area contributed by atoms with Crippen molar-refractivity contribution in [1.82, 2.24) is 4.98 Å². The van der Waals surface area contributed by atoms with Crippen molar-refractivity contribution in [3.05, 3.63) is 16.1 Å². The Balaban J connectivity index is 1.91. The van der Waals surface area contributed by atoms with Gasteiger partial charge in [-0.05, 0) is 38.5 Å². The predicted octanol–water partition coefficient (Wildman–Crippen LogP) is 4.24. The highest BCUT2D eigenvalue weighted by atomic mass is 32.1. The van der Waals surface area contributed by atoms with Crippen LogP contribution in [0, 0.1) is 5.92 Å². The van der Waals surface area contributed by atoms with E-state index in [4.69, 9.17) is 5.73 Å². The van der Waals surface area contributed by atoms with E-state index >= 15 is 0 Å².